The van der Waals surface area contributed by atoms with Crippen LogP contribution < -0.4 is 4.72 Å². The van der Waals surface area contributed by atoms with Crippen LogP contribution >= 0.6 is 11.8 Å². The molecule has 0 spiro atoms. The molecule has 21 heavy (non-hydrogen) atoms. The van der Waals surface area contributed by atoms with Crippen molar-refractivity contribution in [1.29, 1.82) is 0 Å². The molecule has 1 aromatic heterocycles. The number of thioether (sulfide) groups is 1. The number of hydrogen-bond acceptors (Lipinski definition) is 4. The van der Waals surface area contributed by atoms with Gasteiger partial charge in [-0.05, 0) is 30.4 Å². The third-order valence-corrected chi connectivity index (χ3v) is 5.45. The lowest BCUT2D eigenvalue weighted by molar-refractivity contribution is 0.443. The maximum Gasteiger partial charge on any atom is 0.241 e. The maximum absolute atomic E-state index is 12.4. The number of sulfonamides is 1. The number of nitrogens with one attached hydrogen (secondary N) is 1. The second-order valence-corrected chi connectivity index (χ2v) is 7.42. The van der Waals surface area contributed by atoms with Gasteiger partial charge in [0.1, 0.15) is 0 Å². The molecule has 0 radical (unpaired) electrons. The summed E-state index contributed by atoms with van der Waals surface area (Å²) in [7, 11) is -3.48. The summed E-state index contributed by atoms with van der Waals surface area (Å²) >= 11 is 1.43. The van der Waals surface area contributed by atoms with E-state index in [1.165, 1.54) is 11.8 Å². The zero-order chi connectivity index (χ0) is 15.3. The Labute approximate surface area is 129 Å². The van der Waals surface area contributed by atoms with Gasteiger partial charge in [0.15, 0.2) is 0 Å². The molecule has 5 nitrogen and oxygen atoms in total. The first-order valence-corrected chi connectivity index (χ1v) is 9.34. The molecule has 0 aliphatic heterocycles. The molecule has 0 fully saturated rings. The van der Waals surface area contributed by atoms with Crippen molar-refractivity contribution in [2.45, 2.75) is 23.3 Å². The molecule has 0 saturated carbocycles. The molecule has 0 amide bonds. The Morgan fingerprint density at radius 1 is 1.33 bits per heavy atom. The van der Waals surface area contributed by atoms with Crippen molar-refractivity contribution in [1.82, 2.24) is 14.5 Å². The average Bonchev–Trinajstić information content (AvgIpc) is 2.98. The van der Waals surface area contributed by atoms with Crippen LogP contribution in [0.1, 0.15) is 6.92 Å². The third kappa shape index (κ3) is 4.33. The zero-order valence-electron chi connectivity index (χ0n) is 12.1. The van der Waals surface area contributed by atoms with Crippen LogP contribution in [0.25, 0.3) is 0 Å². The standard InChI is InChI=1S/C14H19N3O2S2/c1-12(11-17-9-5-8-15-17)10-16-21(18,19)14-7-4-3-6-13(14)20-2/h3-9,12,16H,10-11H2,1-2H3/t12-/m1/s1. The van der Waals surface area contributed by atoms with E-state index in [-0.39, 0.29) is 5.92 Å². The fourth-order valence-electron chi connectivity index (χ4n) is 1.96. The Hall–Kier alpha value is -1.31. The molecule has 0 unspecified atom stereocenters. The van der Waals surface area contributed by atoms with Gasteiger partial charge >= 0.3 is 0 Å². The normalized spacial score (nSPS) is 13.2. The van der Waals surface area contributed by atoms with Crippen molar-refractivity contribution < 1.29 is 8.42 Å². The van der Waals surface area contributed by atoms with Gasteiger partial charge in [-0.1, -0.05) is 19.1 Å². The first-order chi connectivity index (χ1) is 10.0. The summed E-state index contributed by atoms with van der Waals surface area (Å²) in [4.78, 5) is 1.09. The summed E-state index contributed by atoms with van der Waals surface area (Å²) in [6.07, 6.45) is 5.45. The number of nitrogens with zero attached hydrogens (tertiary/aromatic N) is 2. The maximum atomic E-state index is 12.4. The average molecular weight is 325 g/mol. The van der Waals surface area contributed by atoms with Crippen molar-refractivity contribution in [2.24, 2.45) is 5.92 Å². The molecule has 1 N–H and O–H groups in total. The van der Waals surface area contributed by atoms with Gasteiger partial charge in [0, 0.05) is 30.4 Å². The van der Waals surface area contributed by atoms with E-state index in [0.717, 1.165) is 4.90 Å². The number of hydrogen-bond donors (Lipinski definition) is 1. The van der Waals surface area contributed by atoms with Crippen LogP contribution in [0.4, 0.5) is 0 Å². The largest absolute Gasteiger partial charge is 0.272 e. The third-order valence-electron chi connectivity index (χ3n) is 3.04. The Kier molecular flexibility index (Phi) is 5.44. The van der Waals surface area contributed by atoms with Crippen molar-refractivity contribution in [3.63, 3.8) is 0 Å². The van der Waals surface area contributed by atoms with Gasteiger partial charge in [0.25, 0.3) is 0 Å². The summed E-state index contributed by atoms with van der Waals surface area (Å²) < 4.78 is 29.2. The monoisotopic (exact) mass is 325 g/mol. The fourth-order valence-corrected chi connectivity index (χ4v) is 4.28. The summed E-state index contributed by atoms with van der Waals surface area (Å²) in [5.41, 5.74) is 0. The molecule has 0 aliphatic carbocycles. The van der Waals surface area contributed by atoms with E-state index < -0.39 is 10.0 Å². The molecule has 0 aliphatic rings. The molecule has 114 valence electrons. The van der Waals surface area contributed by atoms with Crippen LogP contribution in [0, 0.1) is 5.92 Å². The molecular weight excluding hydrogens is 306 g/mol. The molecule has 7 heteroatoms. The molecule has 0 saturated heterocycles. The Bertz CT molecular complexity index is 669. The quantitative estimate of drug-likeness (QED) is 0.793. The summed E-state index contributed by atoms with van der Waals surface area (Å²) in [6.45, 7) is 3.05. The summed E-state index contributed by atoms with van der Waals surface area (Å²) in [6, 6.07) is 8.87. The molecule has 2 rings (SSSR count). The van der Waals surface area contributed by atoms with E-state index in [9.17, 15) is 8.42 Å². The summed E-state index contributed by atoms with van der Waals surface area (Å²) in [5.74, 6) is 0.154. The van der Waals surface area contributed by atoms with Gasteiger partial charge in [0.05, 0.1) is 4.90 Å². The molecule has 1 heterocycles. The summed E-state index contributed by atoms with van der Waals surface area (Å²) in [5, 5.41) is 4.12. The lowest BCUT2D eigenvalue weighted by atomic mass is 10.2. The first-order valence-electron chi connectivity index (χ1n) is 6.63. The van der Waals surface area contributed by atoms with Crippen molar-refractivity contribution in [2.75, 3.05) is 12.8 Å². The fraction of sp³-hybridized carbons (Fsp3) is 0.357. The van der Waals surface area contributed by atoms with Crippen molar-refractivity contribution in [3.8, 4) is 0 Å². The minimum Gasteiger partial charge on any atom is -0.272 e. The predicted molar refractivity (Wildman–Crippen MR) is 84.8 cm³/mol. The lowest BCUT2D eigenvalue weighted by Gasteiger charge is -2.14. The molecule has 0 bridgehead atoms. The SMILES string of the molecule is CSc1ccccc1S(=O)(=O)NC[C@@H](C)Cn1cccn1. The van der Waals surface area contributed by atoms with Gasteiger partial charge < -0.3 is 0 Å². The zero-order valence-corrected chi connectivity index (χ0v) is 13.7. The van der Waals surface area contributed by atoms with Gasteiger partial charge in [0.2, 0.25) is 10.0 Å². The predicted octanol–water partition coefficient (Wildman–Crippen LogP) is 2.22. The Morgan fingerprint density at radius 3 is 2.76 bits per heavy atom. The Morgan fingerprint density at radius 2 is 2.10 bits per heavy atom. The molecule has 1 aromatic carbocycles. The van der Waals surface area contributed by atoms with Crippen LogP contribution in [0.3, 0.4) is 0 Å². The van der Waals surface area contributed by atoms with E-state index in [4.69, 9.17) is 0 Å². The van der Waals surface area contributed by atoms with E-state index in [0.29, 0.717) is 18.0 Å². The van der Waals surface area contributed by atoms with Crippen LogP contribution in [0.5, 0.6) is 0 Å². The lowest BCUT2D eigenvalue weighted by Crippen LogP contribution is -2.30. The van der Waals surface area contributed by atoms with Gasteiger partial charge in [-0.3, -0.25) is 4.68 Å². The number of benzene rings is 1. The molecular formula is C14H19N3O2S2. The van der Waals surface area contributed by atoms with Gasteiger partial charge in [-0.15, -0.1) is 11.8 Å². The highest BCUT2D eigenvalue weighted by Gasteiger charge is 2.18. The topological polar surface area (TPSA) is 64.0 Å². The number of rotatable bonds is 7. The van der Waals surface area contributed by atoms with Crippen LogP contribution in [0.15, 0.2) is 52.5 Å². The smallest absolute Gasteiger partial charge is 0.241 e. The van der Waals surface area contributed by atoms with Crippen LogP contribution in [-0.2, 0) is 16.6 Å². The van der Waals surface area contributed by atoms with E-state index >= 15 is 0 Å². The second-order valence-electron chi connectivity index (χ2n) is 4.84. The first kappa shape index (κ1) is 16.1. The van der Waals surface area contributed by atoms with E-state index in [1.54, 1.807) is 23.0 Å². The van der Waals surface area contributed by atoms with E-state index in [2.05, 4.69) is 9.82 Å². The second kappa shape index (κ2) is 7.11. The highest BCUT2D eigenvalue weighted by Crippen LogP contribution is 2.24. The van der Waals surface area contributed by atoms with Crippen LogP contribution in [-0.4, -0.2) is 31.0 Å². The van der Waals surface area contributed by atoms with Gasteiger partial charge in [-0.25, -0.2) is 13.1 Å². The van der Waals surface area contributed by atoms with Crippen molar-refractivity contribution >= 4 is 21.8 Å². The minimum atomic E-state index is -3.48. The van der Waals surface area contributed by atoms with E-state index in [1.807, 2.05) is 37.6 Å². The highest BCUT2D eigenvalue weighted by atomic mass is 32.2. The van der Waals surface area contributed by atoms with Crippen LogP contribution in [0.2, 0.25) is 0 Å². The Balaban J connectivity index is 2.01. The number of aromatic nitrogens is 2. The van der Waals surface area contributed by atoms with Gasteiger partial charge in [-0.2, -0.15) is 5.10 Å². The molecule has 2 aromatic rings. The van der Waals surface area contributed by atoms with Crippen molar-refractivity contribution in [3.05, 3.63) is 42.7 Å². The molecule has 1 atom stereocenters. The minimum absolute atomic E-state index is 0.154. The highest BCUT2D eigenvalue weighted by molar-refractivity contribution is 7.99.